The zero-order valence-electron chi connectivity index (χ0n) is 10.8. The van der Waals surface area contributed by atoms with Gasteiger partial charge in [-0.2, -0.15) is 0 Å². The van der Waals surface area contributed by atoms with Crippen molar-refractivity contribution in [3.63, 3.8) is 0 Å². The van der Waals surface area contributed by atoms with Crippen LogP contribution in [0.15, 0.2) is 24.3 Å². The van der Waals surface area contributed by atoms with E-state index in [2.05, 4.69) is 0 Å². The Morgan fingerprint density at radius 2 is 2.12 bits per heavy atom. The molecule has 17 heavy (non-hydrogen) atoms. The van der Waals surface area contributed by atoms with E-state index in [1.807, 2.05) is 45.0 Å². The molecule has 0 aromatic heterocycles. The van der Waals surface area contributed by atoms with E-state index >= 15 is 0 Å². The molecule has 1 aromatic carbocycles. The van der Waals surface area contributed by atoms with Gasteiger partial charge in [-0.15, -0.1) is 0 Å². The molecule has 1 rings (SSSR count). The highest BCUT2D eigenvalue weighted by atomic mass is 16.5. The van der Waals surface area contributed by atoms with Gasteiger partial charge in [0.25, 0.3) is 0 Å². The first kappa shape index (κ1) is 13.7. The number of benzene rings is 1. The fraction of sp³-hybridized carbons (Fsp3) is 0.500. The van der Waals surface area contributed by atoms with E-state index < -0.39 is 5.41 Å². The van der Waals surface area contributed by atoms with Crippen LogP contribution < -0.4 is 5.73 Å². The standard InChI is InChI=1S/C14H21NO2/c1-4-14(10-15,13(16)17-5-2)12-8-6-7-11(3)9-12/h6-9H,4-5,10,15H2,1-3H3. The summed E-state index contributed by atoms with van der Waals surface area (Å²) in [7, 11) is 0. The Balaban J connectivity index is 3.19. The van der Waals surface area contributed by atoms with Crippen LogP contribution in [-0.2, 0) is 14.9 Å². The highest BCUT2D eigenvalue weighted by molar-refractivity contribution is 5.83. The Kier molecular flexibility index (Phi) is 4.70. The van der Waals surface area contributed by atoms with Crippen molar-refractivity contribution in [2.75, 3.05) is 13.2 Å². The minimum Gasteiger partial charge on any atom is -0.465 e. The van der Waals surface area contributed by atoms with Gasteiger partial charge in [-0.3, -0.25) is 4.79 Å². The molecule has 1 atom stereocenters. The molecule has 3 heteroatoms. The van der Waals surface area contributed by atoms with Crippen LogP contribution in [0, 0.1) is 6.92 Å². The summed E-state index contributed by atoms with van der Waals surface area (Å²) in [5.74, 6) is -0.226. The van der Waals surface area contributed by atoms with Gasteiger partial charge in [0, 0.05) is 6.54 Å². The molecular formula is C14H21NO2. The number of carbonyl (C=O) groups excluding carboxylic acids is 1. The van der Waals surface area contributed by atoms with Gasteiger partial charge < -0.3 is 10.5 Å². The first-order valence-electron chi connectivity index (χ1n) is 6.05. The maximum absolute atomic E-state index is 12.1. The van der Waals surface area contributed by atoms with Gasteiger partial charge in [0.05, 0.1) is 6.61 Å². The van der Waals surface area contributed by atoms with Gasteiger partial charge in [0.15, 0.2) is 0 Å². The zero-order valence-corrected chi connectivity index (χ0v) is 10.8. The molecule has 0 heterocycles. The van der Waals surface area contributed by atoms with Crippen LogP contribution in [0.5, 0.6) is 0 Å². The molecule has 3 nitrogen and oxygen atoms in total. The van der Waals surface area contributed by atoms with Crippen LogP contribution in [0.2, 0.25) is 0 Å². The Hall–Kier alpha value is -1.35. The monoisotopic (exact) mass is 235 g/mol. The minimum atomic E-state index is -0.706. The summed E-state index contributed by atoms with van der Waals surface area (Å²) >= 11 is 0. The predicted molar refractivity (Wildman–Crippen MR) is 68.8 cm³/mol. The lowest BCUT2D eigenvalue weighted by molar-refractivity contribution is -0.150. The second-order valence-corrected chi connectivity index (χ2v) is 4.23. The summed E-state index contributed by atoms with van der Waals surface area (Å²) in [5, 5.41) is 0. The molecule has 0 aliphatic heterocycles. The number of hydrogen-bond acceptors (Lipinski definition) is 3. The number of ether oxygens (including phenoxy) is 1. The molecule has 1 aromatic rings. The largest absolute Gasteiger partial charge is 0.465 e. The topological polar surface area (TPSA) is 52.3 Å². The maximum Gasteiger partial charge on any atom is 0.317 e. The van der Waals surface area contributed by atoms with Crippen molar-refractivity contribution in [2.24, 2.45) is 5.73 Å². The van der Waals surface area contributed by atoms with E-state index in [-0.39, 0.29) is 12.5 Å². The van der Waals surface area contributed by atoms with Gasteiger partial charge in [-0.1, -0.05) is 36.8 Å². The second kappa shape index (κ2) is 5.82. The van der Waals surface area contributed by atoms with E-state index in [9.17, 15) is 4.79 Å². The van der Waals surface area contributed by atoms with Crippen LogP contribution in [0.1, 0.15) is 31.4 Å². The van der Waals surface area contributed by atoms with Crippen molar-refractivity contribution in [2.45, 2.75) is 32.6 Å². The summed E-state index contributed by atoms with van der Waals surface area (Å²) in [5.41, 5.74) is 7.19. The number of esters is 1. The number of carbonyl (C=O) groups is 1. The van der Waals surface area contributed by atoms with Crippen molar-refractivity contribution in [3.8, 4) is 0 Å². The van der Waals surface area contributed by atoms with E-state index in [0.29, 0.717) is 13.0 Å². The van der Waals surface area contributed by atoms with Crippen LogP contribution >= 0.6 is 0 Å². The van der Waals surface area contributed by atoms with Crippen LogP contribution in [0.3, 0.4) is 0 Å². The second-order valence-electron chi connectivity index (χ2n) is 4.23. The molecule has 0 radical (unpaired) electrons. The van der Waals surface area contributed by atoms with Gasteiger partial charge >= 0.3 is 5.97 Å². The highest BCUT2D eigenvalue weighted by Gasteiger charge is 2.38. The van der Waals surface area contributed by atoms with E-state index in [4.69, 9.17) is 10.5 Å². The molecule has 2 N–H and O–H groups in total. The summed E-state index contributed by atoms with van der Waals surface area (Å²) in [4.78, 5) is 12.1. The Morgan fingerprint density at radius 3 is 2.59 bits per heavy atom. The quantitative estimate of drug-likeness (QED) is 0.796. The molecule has 1 unspecified atom stereocenters. The van der Waals surface area contributed by atoms with Crippen molar-refractivity contribution in [1.82, 2.24) is 0 Å². The molecule has 0 aliphatic carbocycles. The van der Waals surface area contributed by atoms with Crippen molar-refractivity contribution >= 4 is 5.97 Å². The maximum atomic E-state index is 12.1. The molecule has 0 saturated heterocycles. The van der Waals surface area contributed by atoms with E-state index in [0.717, 1.165) is 11.1 Å². The van der Waals surface area contributed by atoms with Gasteiger partial charge in [-0.05, 0) is 25.8 Å². The lowest BCUT2D eigenvalue weighted by atomic mass is 9.77. The number of hydrogen-bond donors (Lipinski definition) is 1. The predicted octanol–water partition coefficient (Wildman–Crippen LogP) is 2.16. The summed E-state index contributed by atoms with van der Waals surface area (Å²) in [6, 6.07) is 7.91. The van der Waals surface area contributed by atoms with E-state index in [1.54, 1.807) is 0 Å². The summed E-state index contributed by atoms with van der Waals surface area (Å²) in [6.07, 6.45) is 0.645. The number of rotatable bonds is 5. The van der Waals surface area contributed by atoms with Gasteiger partial charge in [0.1, 0.15) is 5.41 Å². The van der Waals surface area contributed by atoms with Crippen molar-refractivity contribution < 1.29 is 9.53 Å². The third-order valence-corrected chi connectivity index (χ3v) is 3.19. The molecule has 0 bridgehead atoms. The van der Waals surface area contributed by atoms with Crippen molar-refractivity contribution in [3.05, 3.63) is 35.4 Å². The third-order valence-electron chi connectivity index (χ3n) is 3.19. The first-order chi connectivity index (χ1) is 8.10. The Labute approximate surface area is 103 Å². The van der Waals surface area contributed by atoms with Gasteiger partial charge in [-0.25, -0.2) is 0 Å². The number of aryl methyl sites for hydroxylation is 1. The summed E-state index contributed by atoms with van der Waals surface area (Å²) < 4.78 is 5.16. The molecule has 0 aliphatic rings. The molecule has 0 spiro atoms. The average molecular weight is 235 g/mol. The Morgan fingerprint density at radius 1 is 1.41 bits per heavy atom. The third kappa shape index (κ3) is 2.67. The van der Waals surface area contributed by atoms with Gasteiger partial charge in [0.2, 0.25) is 0 Å². The summed E-state index contributed by atoms with van der Waals surface area (Å²) in [6.45, 7) is 6.43. The smallest absolute Gasteiger partial charge is 0.317 e. The Bertz CT molecular complexity index is 384. The SMILES string of the molecule is CCOC(=O)C(CC)(CN)c1cccc(C)c1. The van der Waals surface area contributed by atoms with E-state index in [1.165, 1.54) is 0 Å². The molecule has 0 saturated carbocycles. The molecule has 0 amide bonds. The van der Waals surface area contributed by atoms with Crippen LogP contribution in [0.4, 0.5) is 0 Å². The fourth-order valence-electron chi connectivity index (χ4n) is 2.02. The van der Waals surface area contributed by atoms with Crippen LogP contribution in [0.25, 0.3) is 0 Å². The average Bonchev–Trinajstić information content (AvgIpc) is 2.32. The van der Waals surface area contributed by atoms with Crippen LogP contribution in [-0.4, -0.2) is 19.1 Å². The first-order valence-corrected chi connectivity index (χ1v) is 6.05. The number of nitrogens with two attached hydrogens (primary N) is 1. The normalized spacial score (nSPS) is 14.1. The lowest BCUT2D eigenvalue weighted by Gasteiger charge is -2.29. The lowest BCUT2D eigenvalue weighted by Crippen LogP contribution is -2.43. The zero-order chi connectivity index (χ0) is 12.9. The molecular weight excluding hydrogens is 214 g/mol. The highest BCUT2D eigenvalue weighted by Crippen LogP contribution is 2.29. The van der Waals surface area contributed by atoms with Crippen molar-refractivity contribution in [1.29, 1.82) is 0 Å². The fourth-order valence-corrected chi connectivity index (χ4v) is 2.02. The minimum absolute atomic E-state index is 0.226. The molecule has 0 fully saturated rings. The molecule has 94 valence electrons.